The molecule has 380 valence electrons. The number of unbranched alkanes of at least 4 members (excludes halogenated alkanes) is 16. The van der Waals surface area contributed by atoms with Crippen molar-refractivity contribution in [3.63, 3.8) is 0 Å². The van der Waals surface area contributed by atoms with Crippen LogP contribution < -0.4 is 5.32 Å². The second-order valence-electron chi connectivity index (χ2n) is 17.9. The zero-order chi connectivity index (χ0) is 48.8. The number of amides is 1. The number of carbonyl (C=O) groups is 2. The number of aliphatic hydroxyl groups excluding tert-OH is 2. The maximum absolute atomic E-state index is 13.2. The Labute approximate surface area is 412 Å². The third kappa shape index (κ3) is 48.5. The molecule has 3 unspecified atom stereocenters. The van der Waals surface area contributed by atoms with Gasteiger partial charge in [-0.05, 0) is 77.0 Å². The molecule has 0 spiro atoms. The normalized spacial score (nSPS) is 14.2. The van der Waals surface area contributed by atoms with E-state index in [9.17, 15) is 19.8 Å². The van der Waals surface area contributed by atoms with E-state index >= 15 is 0 Å². The maximum Gasteiger partial charge on any atom is 0.306 e. The van der Waals surface area contributed by atoms with Gasteiger partial charge in [-0.1, -0.05) is 251 Å². The van der Waals surface area contributed by atoms with Crippen LogP contribution in [0.15, 0.2) is 122 Å². The zero-order valence-electron chi connectivity index (χ0n) is 43.2. The van der Waals surface area contributed by atoms with Crippen molar-refractivity contribution >= 4 is 11.9 Å². The molecule has 0 aliphatic carbocycles. The van der Waals surface area contributed by atoms with Crippen molar-refractivity contribution in [2.45, 2.75) is 244 Å². The molecule has 0 bridgehead atoms. The Kier molecular flexibility index (Phi) is 50.2. The van der Waals surface area contributed by atoms with Crippen LogP contribution in [0.1, 0.15) is 226 Å². The highest BCUT2D eigenvalue weighted by molar-refractivity contribution is 5.77. The van der Waals surface area contributed by atoms with Crippen molar-refractivity contribution in [1.29, 1.82) is 0 Å². The van der Waals surface area contributed by atoms with Gasteiger partial charge in [0.15, 0.2) is 0 Å². The molecular weight excluding hydrogens is 827 g/mol. The molecule has 0 saturated carbocycles. The summed E-state index contributed by atoms with van der Waals surface area (Å²) in [6.07, 6.45) is 74.3. The second kappa shape index (κ2) is 53.2. The largest absolute Gasteiger partial charge is 0.461 e. The summed E-state index contributed by atoms with van der Waals surface area (Å²) in [6, 6.07) is -0.756. The molecule has 3 N–H and O–H groups in total. The van der Waals surface area contributed by atoms with E-state index in [1.807, 2.05) is 18.2 Å². The standard InChI is InChI=1S/C61H101NO5/c1-4-7-10-13-16-19-22-25-28-30-32-35-38-41-44-47-50-53-59(64)58(56-63)62-60(65)55-57(52-49-46-43-40-37-34-31-27-24-21-18-15-12-9-6-3)67-61(66)54-51-48-45-42-39-36-33-29-26-23-20-17-14-11-8-5-2/h8-9,11-12,17-18,20-21,26-27,29,31,36-37,39-40,45-46,48-49,57-59,63-64H,4-7,10,13-16,19,22-25,28,30,32-35,38,41-44,47,50-56H2,1-3H3,(H,62,65)/b11-8+,12-9-,20-17+,21-18-,29-26+,31-27-,39-36+,40-37-,48-45+,49-46-. The van der Waals surface area contributed by atoms with Crippen molar-refractivity contribution < 1.29 is 24.5 Å². The minimum Gasteiger partial charge on any atom is -0.461 e. The topological polar surface area (TPSA) is 95.9 Å². The Morgan fingerprint density at radius 2 is 0.806 bits per heavy atom. The van der Waals surface area contributed by atoms with Gasteiger partial charge in [-0.2, -0.15) is 0 Å². The molecule has 0 fully saturated rings. The van der Waals surface area contributed by atoms with Crippen LogP contribution in [-0.2, 0) is 14.3 Å². The van der Waals surface area contributed by atoms with E-state index in [0.29, 0.717) is 19.3 Å². The summed E-state index contributed by atoms with van der Waals surface area (Å²) in [6.45, 7) is 6.21. The van der Waals surface area contributed by atoms with Gasteiger partial charge in [0.2, 0.25) is 5.91 Å². The van der Waals surface area contributed by atoms with Gasteiger partial charge in [-0.15, -0.1) is 0 Å². The molecule has 0 heterocycles. The molecule has 3 atom stereocenters. The molecule has 6 heteroatoms. The Morgan fingerprint density at radius 3 is 1.18 bits per heavy atom. The summed E-state index contributed by atoms with van der Waals surface area (Å²) >= 11 is 0. The van der Waals surface area contributed by atoms with Crippen molar-refractivity contribution in [2.75, 3.05) is 6.61 Å². The van der Waals surface area contributed by atoms with E-state index in [2.05, 4.69) is 129 Å². The summed E-state index contributed by atoms with van der Waals surface area (Å²) in [5, 5.41) is 23.8. The molecular formula is C61H101NO5. The van der Waals surface area contributed by atoms with Gasteiger partial charge in [0.1, 0.15) is 6.10 Å². The molecule has 0 saturated heterocycles. The van der Waals surface area contributed by atoms with E-state index in [4.69, 9.17) is 4.74 Å². The van der Waals surface area contributed by atoms with Crippen LogP contribution in [0.25, 0.3) is 0 Å². The zero-order valence-corrected chi connectivity index (χ0v) is 43.2. The van der Waals surface area contributed by atoms with Crippen molar-refractivity contribution in [3.05, 3.63) is 122 Å². The number of hydrogen-bond donors (Lipinski definition) is 3. The highest BCUT2D eigenvalue weighted by Crippen LogP contribution is 2.16. The second-order valence-corrected chi connectivity index (χ2v) is 17.9. The van der Waals surface area contributed by atoms with E-state index in [1.165, 1.54) is 89.9 Å². The molecule has 0 aromatic rings. The van der Waals surface area contributed by atoms with Gasteiger partial charge in [-0.25, -0.2) is 0 Å². The quantitative estimate of drug-likeness (QED) is 0.0321. The van der Waals surface area contributed by atoms with Crippen molar-refractivity contribution in [3.8, 4) is 0 Å². The third-order valence-electron chi connectivity index (χ3n) is 11.6. The lowest BCUT2D eigenvalue weighted by molar-refractivity contribution is -0.150. The smallest absolute Gasteiger partial charge is 0.306 e. The molecule has 6 nitrogen and oxygen atoms in total. The first-order valence-corrected chi connectivity index (χ1v) is 27.3. The maximum atomic E-state index is 13.2. The highest BCUT2D eigenvalue weighted by Gasteiger charge is 2.23. The number of aliphatic hydroxyl groups is 2. The average molecular weight is 928 g/mol. The lowest BCUT2D eigenvalue weighted by Gasteiger charge is -2.24. The summed E-state index contributed by atoms with van der Waals surface area (Å²) in [5.41, 5.74) is 0. The number of rotatable bonds is 47. The van der Waals surface area contributed by atoms with Crippen LogP contribution in [0.5, 0.6) is 0 Å². The van der Waals surface area contributed by atoms with Crippen LogP contribution in [0.4, 0.5) is 0 Å². The van der Waals surface area contributed by atoms with E-state index in [0.717, 1.165) is 83.5 Å². The van der Waals surface area contributed by atoms with Gasteiger partial charge in [-0.3, -0.25) is 9.59 Å². The molecule has 0 aromatic carbocycles. The Morgan fingerprint density at radius 1 is 0.463 bits per heavy atom. The first kappa shape index (κ1) is 63.3. The Bertz CT molecular complexity index is 1410. The van der Waals surface area contributed by atoms with E-state index in [-0.39, 0.29) is 31.3 Å². The van der Waals surface area contributed by atoms with Gasteiger partial charge in [0.25, 0.3) is 0 Å². The lowest BCUT2D eigenvalue weighted by atomic mass is 10.0. The molecule has 67 heavy (non-hydrogen) atoms. The fourth-order valence-electron chi connectivity index (χ4n) is 7.50. The Hall–Kier alpha value is -3.74. The summed E-state index contributed by atoms with van der Waals surface area (Å²) in [7, 11) is 0. The number of allylic oxidation sites excluding steroid dienone is 19. The van der Waals surface area contributed by atoms with Crippen molar-refractivity contribution in [2.24, 2.45) is 0 Å². The van der Waals surface area contributed by atoms with Crippen LogP contribution in [0, 0.1) is 0 Å². The lowest BCUT2D eigenvalue weighted by Crippen LogP contribution is -2.46. The molecule has 0 radical (unpaired) electrons. The Balaban J connectivity index is 4.78. The fraction of sp³-hybridized carbons (Fsp3) is 0.639. The summed E-state index contributed by atoms with van der Waals surface area (Å²) in [4.78, 5) is 26.1. The fourth-order valence-corrected chi connectivity index (χ4v) is 7.50. The van der Waals surface area contributed by atoms with Crippen LogP contribution in [0.3, 0.4) is 0 Å². The van der Waals surface area contributed by atoms with Gasteiger partial charge in [0, 0.05) is 12.8 Å². The number of hydrogen-bond acceptors (Lipinski definition) is 5. The molecule has 1 amide bonds. The highest BCUT2D eigenvalue weighted by atomic mass is 16.5. The molecule has 0 aliphatic heterocycles. The predicted molar refractivity (Wildman–Crippen MR) is 291 cm³/mol. The average Bonchev–Trinajstić information content (AvgIpc) is 3.32. The number of carbonyl (C=O) groups excluding carboxylic acids is 2. The third-order valence-corrected chi connectivity index (χ3v) is 11.6. The predicted octanol–water partition coefficient (Wildman–Crippen LogP) is 16.8. The van der Waals surface area contributed by atoms with Crippen molar-refractivity contribution in [1.82, 2.24) is 5.32 Å². The monoisotopic (exact) mass is 928 g/mol. The SMILES string of the molecule is CC/C=C\C/C=C\C/C=C\C/C=C\C/C=C\CC(CC(=O)NC(CO)C(O)CCCCCCCCCCCCCCCCCCC)OC(=O)CC/C=C/C/C=C/C/C=C/C/C=C/C/C=C/CC. The molecule has 0 aliphatic rings. The number of esters is 1. The van der Waals surface area contributed by atoms with Crippen LogP contribution in [-0.4, -0.2) is 46.9 Å². The summed E-state index contributed by atoms with van der Waals surface area (Å²) in [5.74, 6) is -0.688. The van der Waals surface area contributed by atoms with E-state index < -0.39 is 18.2 Å². The number of ether oxygens (including phenoxy) is 1. The number of nitrogens with one attached hydrogen (secondary N) is 1. The van der Waals surface area contributed by atoms with Gasteiger partial charge < -0.3 is 20.3 Å². The minimum absolute atomic E-state index is 0.0376. The van der Waals surface area contributed by atoms with Crippen LogP contribution >= 0.6 is 0 Å². The van der Waals surface area contributed by atoms with Gasteiger partial charge >= 0.3 is 5.97 Å². The molecule has 0 rings (SSSR count). The first-order valence-electron chi connectivity index (χ1n) is 27.3. The molecule has 0 aromatic heterocycles. The van der Waals surface area contributed by atoms with Crippen LogP contribution in [0.2, 0.25) is 0 Å². The first-order chi connectivity index (χ1) is 33.0. The van der Waals surface area contributed by atoms with Gasteiger partial charge in [0.05, 0.1) is 25.2 Å². The van der Waals surface area contributed by atoms with E-state index in [1.54, 1.807) is 0 Å². The summed E-state index contributed by atoms with van der Waals surface area (Å²) < 4.78 is 5.83. The minimum atomic E-state index is -0.833.